The summed E-state index contributed by atoms with van der Waals surface area (Å²) in [5, 5.41) is 2.35. The van der Waals surface area contributed by atoms with Crippen molar-refractivity contribution in [3.05, 3.63) is 42.5 Å². The molecule has 108 valence electrons. The van der Waals surface area contributed by atoms with E-state index >= 15 is 0 Å². The summed E-state index contributed by atoms with van der Waals surface area (Å²) in [6.07, 6.45) is -0.287. The van der Waals surface area contributed by atoms with E-state index in [2.05, 4.69) is 18.2 Å². The third kappa shape index (κ3) is 2.47. The molecule has 0 aliphatic heterocycles. The summed E-state index contributed by atoms with van der Waals surface area (Å²) in [5.74, 6) is 0.644. The van der Waals surface area contributed by atoms with E-state index in [1.807, 2.05) is 38.1 Å². The first-order valence-electron chi connectivity index (χ1n) is 7.11. The van der Waals surface area contributed by atoms with E-state index in [0.717, 1.165) is 10.1 Å². The highest BCUT2D eigenvalue weighted by atomic mass is 32.1. The topological polar surface area (TPSA) is 29.5 Å². The second-order valence-electron chi connectivity index (χ2n) is 4.77. The molecule has 0 spiro atoms. The summed E-state index contributed by atoms with van der Waals surface area (Å²) in [4.78, 5) is 13.8. The normalized spacial score (nSPS) is 11.0. The average Bonchev–Trinajstić information content (AvgIpc) is 2.88. The molecular formula is C17H17NO2S. The predicted molar refractivity (Wildman–Crippen MR) is 88.3 cm³/mol. The lowest BCUT2D eigenvalue weighted by atomic mass is 10.1. The van der Waals surface area contributed by atoms with Crippen molar-refractivity contribution in [3.8, 4) is 5.75 Å². The summed E-state index contributed by atoms with van der Waals surface area (Å²) in [7, 11) is 0. The van der Waals surface area contributed by atoms with Gasteiger partial charge in [0.25, 0.3) is 0 Å². The van der Waals surface area contributed by atoms with E-state index < -0.39 is 0 Å². The minimum absolute atomic E-state index is 0.287. The van der Waals surface area contributed by atoms with Crippen LogP contribution in [0.1, 0.15) is 13.8 Å². The number of benzene rings is 2. The Kier molecular flexibility index (Phi) is 3.80. The third-order valence-corrected chi connectivity index (χ3v) is 4.79. The van der Waals surface area contributed by atoms with Crippen molar-refractivity contribution in [1.29, 1.82) is 0 Å². The van der Waals surface area contributed by atoms with Gasteiger partial charge in [-0.3, -0.25) is 0 Å². The molecule has 1 amide bonds. The molecule has 0 radical (unpaired) electrons. The number of nitrogens with zero attached hydrogens (tertiary/aromatic N) is 1. The lowest BCUT2D eigenvalue weighted by Gasteiger charge is -2.18. The Morgan fingerprint density at radius 3 is 2.52 bits per heavy atom. The Labute approximate surface area is 127 Å². The minimum Gasteiger partial charge on any atom is -0.409 e. The second kappa shape index (κ2) is 5.74. The maximum atomic E-state index is 12.1. The Morgan fingerprint density at radius 2 is 1.76 bits per heavy atom. The van der Waals surface area contributed by atoms with Gasteiger partial charge in [0.15, 0.2) is 5.75 Å². The molecule has 0 atom stereocenters. The number of hydrogen-bond donors (Lipinski definition) is 0. The van der Waals surface area contributed by atoms with Crippen LogP contribution in [-0.2, 0) is 0 Å². The molecule has 21 heavy (non-hydrogen) atoms. The summed E-state index contributed by atoms with van der Waals surface area (Å²) in [6.45, 7) is 5.20. The van der Waals surface area contributed by atoms with Gasteiger partial charge in [0, 0.05) is 28.6 Å². The zero-order valence-corrected chi connectivity index (χ0v) is 12.9. The standard InChI is InChI=1S/C17H17NO2S/c1-3-18(4-2)17(19)20-14-10-7-9-13-12-8-5-6-11-15(12)21-16(13)14/h5-11H,3-4H2,1-2H3. The molecule has 3 nitrogen and oxygen atoms in total. The van der Waals surface area contributed by atoms with Crippen LogP contribution in [0.15, 0.2) is 42.5 Å². The molecule has 0 saturated carbocycles. The highest BCUT2D eigenvalue weighted by molar-refractivity contribution is 7.26. The summed E-state index contributed by atoms with van der Waals surface area (Å²) >= 11 is 1.66. The lowest BCUT2D eigenvalue weighted by molar-refractivity contribution is 0.158. The van der Waals surface area contributed by atoms with Crippen molar-refractivity contribution >= 4 is 37.6 Å². The van der Waals surface area contributed by atoms with Crippen LogP contribution in [0.25, 0.3) is 20.2 Å². The Hall–Kier alpha value is -2.07. The summed E-state index contributed by atoms with van der Waals surface area (Å²) in [6, 6.07) is 14.1. The van der Waals surface area contributed by atoms with E-state index in [9.17, 15) is 4.79 Å². The lowest BCUT2D eigenvalue weighted by Crippen LogP contribution is -2.33. The van der Waals surface area contributed by atoms with Crippen LogP contribution >= 0.6 is 11.3 Å². The predicted octanol–water partition coefficient (Wildman–Crippen LogP) is 4.90. The first-order valence-corrected chi connectivity index (χ1v) is 7.93. The number of fused-ring (bicyclic) bond motifs is 3. The molecule has 0 aliphatic rings. The molecule has 1 heterocycles. The zero-order chi connectivity index (χ0) is 14.8. The van der Waals surface area contributed by atoms with Gasteiger partial charge in [0.05, 0.1) is 4.70 Å². The molecular weight excluding hydrogens is 282 g/mol. The number of thiophene rings is 1. The van der Waals surface area contributed by atoms with Gasteiger partial charge in [-0.05, 0) is 26.0 Å². The van der Waals surface area contributed by atoms with Gasteiger partial charge in [-0.1, -0.05) is 30.3 Å². The highest BCUT2D eigenvalue weighted by Gasteiger charge is 2.15. The fraction of sp³-hybridized carbons (Fsp3) is 0.235. The third-order valence-electron chi connectivity index (χ3n) is 3.59. The van der Waals surface area contributed by atoms with Gasteiger partial charge in [0.2, 0.25) is 0 Å². The number of hydrogen-bond acceptors (Lipinski definition) is 3. The summed E-state index contributed by atoms with van der Waals surface area (Å²) in [5.41, 5.74) is 0. The van der Waals surface area contributed by atoms with Crippen LogP contribution in [0, 0.1) is 0 Å². The molecule has 0 N–H and O–H groups in total. The Balaban J connectivity index is 2.05. The first kappa shape index (κ1) is 13.9. The molecule has 2 aromatic carbocycles. The number of amides is 1. The van der Waals surface area contributed by atoms with E-state index in [1.165, 1.54) is 10.1 Å². The Bertz CT molecular complexity index is 790. The van der Waals surface area contributed by atoms with Crippen LogP contribution < -0.4 is 4.74 Å². The molecule has 0 unspecified atom stereocenters. The highest BCUT2D eigenvalue weighted by Crippen LogP contribution is 2.39. The zero-order valence-electron chi connectivity index (χ0n) is 12.1. The van der Waals surface area contributed by atoms with Gasteiger partial charge < -0.3 is 9.64 Å². The van der Waals surface area contributed by atoms with Crippen molar-refractivity contribution in [1.82, 2.24) is 4.90 Å². The number of carbonyl (C=O) groups is 1. The van der Waals surface area contributed by atoms with Gasteiger partial charge in [-0.2, -0.15) is 0 Å². The summed E-state index contributed by atoms with van der Waals surface area (Å²) < 4.78 is 7.83. The minimum atomic E-state index is -0.287. The fourth-order valence-electron chi connectivity index (χ4n) is 2.44. The first-order chi connectivity index (χ1) is 10.2. The van der Waals surface area contributed by atoms with Gasteiger partial charge in [0.1, 0.15) is 0 Å². The monoisotopic (exact) mass is 299 g/mol. The van der Waals surface area contributed by atoms with Crippen molar-refractivity contribution in [2.24, 2.45) is 0 Å². The fourth-order valence-corrected chi connectivity index (χ4v) is 3.59. The van der Waals surface area contributed by atoms with Crippen molar-refractivity contribution in [2.45, 2.75) is 13.8 Å². The molecule has 3 aromatic rings. The molecule has 0 saturated heterocycles. The maximum absolute atomic E-state index is 12.1. The molecule has 3 rings (SSSR count). The van der Waals surface area contributed by atoms with Crippen LogP contribution in [0.3, 0.4) is 0 Å². The van der Waals surface area contributed by atoms with Crippen LogP contribution in [0.2, 0.25) is 0 Å². The van der Waals surface area contributed by atoms with Crippen molar-refractivity contribution < 1.29 is 9.53 Å². The largest absolute Gasteiger partial charge is 0.415 e. The SMILES string of the molecule is CCN(CC)C(=O)Oc1cccc2c1sc1ccccc12. The van der Waals surface area contributed by atoms with E-state index in [-0.39, 0.29) is 6.09 Å². The molecule has 0 aliphatic carbocycles. The molecule has 0 bridgehead atoms. The Morgan fingerprint density at radius 1 is 1.05 bits per heavy atom. The van der Waals surface area contributed by atoms with Crippen molar-refractivity contribution in [2.75, 3.05) is 13.1 Å². The molecule has 0 fully saturated rings. The quantitative estimate of drug-likeness (QED) is 0.688. The van der Waals surface area contributed by atoms with Crippen LogP contribution in [0.4, 0.5) is 4.79 Å². The average molecular weight is 299 g/mol. The van der Waals surface area contributed by atoms with Gasteiger partial charge in [-0.15, -0.1) is 11.3 Å². The van der Waals surface area contributed by atoms with Gasteiger partial charge >= 0.3 is 6.09 Å². The number of ether oxygens (including phenoxy) is 1. The van der Waals surface area contributed by atoms with Gasteiger partial charge in [-0.25, -0.2) is 4.79 Å². The van der Waals surface area contributed by atoms with Crippen molar-refractivity contribution in [3.63, 3.8) is 0 Å². The molecule has 1 aromatic heterocycles. The molecule has 4 heteroatoms. The van der Waals surface area contributed by atoms with E-state index in [4.69, 9.17) is 4.74 Å². The van der Waals surface area contributed by atoms with Crippen LogP contribution in [0.5, 0.6) is 5.75 Å². The van der Waals surface area contributed by atoms with Crippen LogP contribution in [-0.4, -0.2) is 24.1 Å². The van der Waals surface area contributed by atoms with E-state index in [0.29, 0.717) is 18.8 Å². The number of rotatable bonds is 3. The second-order valence-corrected chi connectivity index (χ2v) is 5.82. The smallest absolute Gasteiger partial charge is 0.409 e. The number of carbonyl (C=O) groups excluding carboxylic acids is 1. The maximum Gasteiger partial charge on any atom is 0.415 e. The van der Waals surface area contributed by atoms with E-state index in [1.54, 1.807) is 16.2 Å².